The van der Waals surface area contributed by atoms with Crippen molar-refractivity contribution in [2.24, 2.45) is 0 Å². The monoisotopic (exact) mass is 428 g/mol. The molecule has 0 spiro atoms. The summed E-state index contributed by atoms with van der Waals surface area (Å²) in [5, 5.41) is 2.05. The summed E-state index contributed by atoms with van der Waals surface area (Å²) in [4.78, 5) is 37.6. The van der Waals surface area contributed by atoms with Gasteiger partial charge in [0.1, 0.15) is 11.5 Å². The molecule has 2 heterocycles. The van der Waals surface area contributed by atoms with Gasteiger partial charge in [-0.25, -0.2) is 4.98 Å². The van der Waals surface area contributed by atoms with Gasteiger partial charge in [-0.2, -0.15) is 0 Å². The minimum absolute atomic E-state index is 0.142. The Morgan fingerprint density at radius 3 is 2.62 bits per heavy atom. The molecule has 2 aromatic carbocycles. The standard InChI is InChI=1S/C21H18Cl2N4O2/c1-11(2)27(10-17-24-15-6-4-3-5-13(15)20(28)26-17)21(29)19-18(23)14-9-12(22)7-8-16(14)25-19/h3-9,11,25H,10H2,1-2H3,(H,24,26,28). The first kappa shape index (κ1) is 19.5. The Labute approximate surface area is 176 Å². The molecule has 0 unspecified atom stereocenters. The summed E-state index contributed by atoms with van der Waals surface area (Å²) < 4.78 is 0. The number of rotatable bonds is 4. The van der Waals surface area contributed by atoms with E-state index in [1.165, 1.54) is 0 Å². The predicted molar refractivity (Wildman–Crippen MR) is 116 cm³/mol. The highest BCUT2D eigenvalue weighted by atomic mass is 35.5. The number of para-hydroxylation sites is 1. The fourth-order valence-electron chi connectivity index (χ4n) is 3.28. The van der Waals surface area contributed by atoms with E-state index in [2.05, 4.69) is 15.0 Å². The fraction of sp³-hybridized carbons (Fsp3) is 0.190. The number of amides is 1. The van der Waals surface area contributed by atoms with Gasteiger partial charge in [-0.15, -0.1) is 0 Å². The topological polar surface area (TPSA) is 81.8 Å². The van der Waals surface area contributed by atoms with Gasteiger partial charge in [0, 0.05) is 22.0 Å². The van der Waals surface area contributed by atoms with Crippen LogP contribution in [-0.4, -0.2) is 31.8 Å². The Morgan fingerprint density at radius 2 is 1.86 bits per heavy atom. The summed E-state index contributed by atoms with van der Waals surface area (Å²) in [5.41, 5.74) is 1.35. The molecule has 4 aromatic rings. The Morgan fingerprint density at radius 1 is 1.10 bits per heavy atom. The number of carbonyl (C=O) groups is 1. The highest BCUT2D eigenvalue weighted by Crippen LogP contribution is 2.31. The number of nitrogens with zero attached hydrogens (tertiary/aromatic N) is 2. The van der Waals surface area contributed by atoms with Crippen molar-refractivity contribution >= 4 is 50.9 Å². The average molecular weight is 429 g/mol. The molecule has 0 atom stereocenters. The molecule has 0 radical (unpaired) electrons. The number of halogens is 2. The van der Waals surface area contributed by atoms with E-state index in [1.807, 2.05) is 19.9 Å². The Hall–Kier alpha value is -2.83. The van der Waals surface area contributed by atoms with E-state index in [1.54, 1.807) is 41.3 Å². The van der Waals surface area contributed by atoms with Crippen molar-refractivity contribution in [3.63, 3.8) is 0 Å². The number of hydrogen-bond donors (Lipinski definition) is 2. The van der Waals surface area contributed by atoms with E-state index in [0.717, 1.165) is 5.52 Å². The molecule has 29 heavy (non-hydrogen) atoms. The quantitative estimate of drug-likeness (QED) is 0.491. The van der Waals surface area contributed by atoms with Gasteiger partial charge in [0.05, 0.1) is 22.5 Å². The van der Waals surface area contributed by atoms with Gasteiger partial charge in [0.2, 0.25) is 0 Å². The molecule has 0 saturated heterocycles. The molecule has 0 saturated carbocycles. The van der Waals surface area contributed by atoms with Gasteiger partial charge >= 0.3 is 0 Å². The first-order chi connectivity index (χ1) is 13.8. The lowest BCUT2D eigenvalue weighted by atomic mass is 10.2. The molecule has 0 aliphatic rings. The third-order valence-corrected chi connectivity index (χ3v) is 5.41. The Bertz CT molecular complexity index is 1290. The zero-order chi connectivity index (χ0) is 20.7. The van der Waals surface area contributed by atoms with E-state index < -0.39 is 0 Å². The van der Waals surface area contributed by atoms with Crippen LogP contribution in [0.4, 0.5) is 0 Å². The summed E-state index contributed by atoms with van der Waals surface area (Å²) in [5.74, 6) is 0.124. The SMILES string of the molecule is CC(C)N(Cc1nc2ccccc2c(=O)[nH]1)C(=O)c1[nH]c2ccc(Cl)cc2c1Cl. The van der Waals surface area contributed by atoms with Crippen LogP contribution in [0.25, 0.3) is 21.8 Å². The van der Waals surface area contributed by atoms with Crippen molar-refractivity contribution in [1.29, 1.82) is 0 Å². The van der Waals surface area contributed by atoms with Crippen molar-refractivity contribution in [3.05, 3.63) is 74.4 Å². The molecular formula is C21H18Cl2N4O2. The molecule has 0 fully saturated rings. The number of fused-ring (bicyclic) bond motifs is 2. The van der Waals surface area contributed by atoms with Crippen LogP contribution in [0.2, 0.25) is 10.0 Å². The highest BCUT2D eigenvalue weighted by molar-refractivity contribution is 6.39. The van der Waals surface area contributed by atoms with Gasteiger partial charge in [-0.05, 0) is 44.2 Å². The van der Waals surface area contributed by atoms with Crippen LogP contribution in [0.15, 0.2) is 47.3 Å². The molecule has 1 amide bonds. The first-order valence-electron chi connectivity index (χ1n) is 9.11. The maximum atomic E-state index is 13.3. The first-order valence-corrected chi connectivity index (χ1v) is 9.86. The van der Waals surface area contributed by atoms with Gasteiger partial charge in [0.25, 0.3) is 11.5 Å². The van der Waals surface area contributed by atoms with Crippen molar-refractivity contribution in [1.82, 2.24) is 19.9 Å². The van der Waals surface area contributed by atoms with Crippen LogP contribution in [0.5, 0.6) is 0 Å². The molecule has 6 nitrogen and oxygen atoms in total. The van der Waals surface area contributed by atoms with Gasteiger partial charge < -0.3 is 14.9 Å². The number of benzene rings is 2. The largest absolute Gasteiger partial charge is 0.349 e. The molecule has 8 heteroatoms. The average Bonchev–Trinajstić information content (AvgIpc) is 3.01. The van der Waals surface area contributed by atoms with E-state index in [9.17, 15) is 9.59 Å². The minimum atomic E-state index is -0.284. The lowest BCUT2D eigenvalue weighted by Crippen LogP contribution is -2.37. The highest BCUT2D eigenvalue weighted by Gasteiger charge is 2.25. The fourth-order valence-corrected chi connectivity index (χ4v) is 3.74. The zero-order valence-corrected chi connectivity index (χ0v) is 17.3. The van der Waals surface area contributed by atoms with Crippen molar-refractivity contribution in [2.75, 3.05) is 0 Å². The number of nitrogens with one attached hydrogen (secondary N) is 2. The van der Waals surface area contributed by atoms with Crippen LogP contribution in [0.1, 0.15) is 30.2 Å². The number of hydrogen-bond acceptors (Lipinski definition) is 3. The molecule has 4 rings (SSSR count). The molecule has 0 bridgehead atoms. The maximum Gasteiger partial charge on any atom is 0.272 e. The summed E-state index contributed by atoms with van der Waals surface area (Å²) in [7, 11) is 0. The zero-order valence-electron chi connectivity index (χ0n) is 15.8. The molecular weight excluding hydrogens is 411 g/mol. The van der Waals surface area contributed by atoms with Crippen molar-refractivity contribution in [3.8, 4) is 0 Å². The third kappa shape index (κ3) is 3.61. The summed E-state index contributed by atoms with van der Waals surface area (Å²) in [6.45, 7) is 3.93. The van der Waals surface area contributed by atoms with Crippen LogP contribution in [0.3, 0.4) is 0 Å². The van der Waals surface area contributed by atoms with E-state index >= 15 is 0 Å². The summed E-state index contributed by atoms with van der Waals surface area (Å²) in [6.07, 6.45) is 0. The van der Waals surface area contributed by atoms with Crippen LogP contribution < -0.4 is 5.56 Å². The third-order valence-electron chi connectivity index (χ3n) is 4.78. The molecule has 0 aliphatic carbocycles. The second-order valence-corrected chi connectivity index (χ2v) is 7.87. The van der Waals surface area contributed by atoms with Crippen molar-refractivity contribution in [2.45, 2.75) is 26.4 Å². The van der Waals surface area contributed by atoms with Crippen LogP contribution in [-0.2, 0) is 6.54 Å². The molecule has 2 aromatic heterocycles. The normalized spacial score (nSPS) is 11.5. The lowest BCUT2D eigenvalue weighted by molar-refractivity contribution is 0.0680. The van der Waals surface area contributed by atoms with E-state index in [-0.39, 0.29) is 29.7 Å². The van der Waals surface area contributed by atoms with E-state index in [4.69, 9.17) is 23.2 Å². The summed E-state index contributed by atoms with van der Waals surface area (Å²) in [6, 6.07) is 12.2. The number of aromatic nitrogens is 3. The van der Waals surface area contributed by atoms with Gasteiger partial charge in [0.15, 0.2) is 0 Å². The maximum absolute atomic E-state index is 13.3. The summed E-state index contributed by atoms with van der Waals surface area (Å²) >= 11 is 12.5. The molecule has 2 N–H and O–H groups in total. The Balaban J connectivity index is 1.72. The van der Waals surface area contributed by atoms with Gasteiger partial charge in [-0.1, -0.05) is 35.3 Å². The number of H-pyrrole nitrogens is 2. The van der Waals surface area contributed by atoms with E-state index in [0.29, 0.717) is 32.2 Å². The number of aromatic amines is 2. The molecule has 0 aliphatic heterocycles. The van der Waals surface area contributed by atoms with Crippen LogP contribution >= 0.6 is 23.2 Å². The second kappa shape index (κ2) is 7.54. The van der Waals surface area contributed by atoms with Crippen molar-refractivity contribution < 1.29 is 4.79 Å². The lowest BCUT2D eigenvalue weighted by Gasteiger charge is -2.26. The Kier molecular flexibility index (Phi) is 5.06. The number of carbonyl (C=O) groups excluding carboxylic acids is 1. The van der Waals surface area contributed by atoms with Crippen LogP contribution in [0, 0.1) is 0 Å². The predicted octanol–water partition coefficient (Wildman–Crippen LogP) is 4.76. The minimum Gasteiger partial charge on any atom is -0.349 e. The van der Waals surface area contributed by atoms with Gasteiger partial charge in [-0.3, -0.25) is 9.59 Å². The molecule has 148 valence electrons. The smallest absolute Gasteiger partial charge is 0.272 e. The second-order valence-electron chi connectivity index (χ2n) is 7.06.